The zero-order valence-corrected chi connectivity index (χ0v) is 13.1. The van der Waals surface area contributed by atoms with Crippen molar-refractivity contribution in [1.29, 1.82) is 0 Å². The van der Waals surface area contributed by atoms with Gasteiger partial charge in [-0.05, 0) is 52.9 Å². The Hall–Kier alpha value is -2.74. The minimum absolute atomic E-state index is 0.0714. The van der Waals surface area contributed by atoms with Gasteiger partial charge < -0.3 is 10.2 Å². The first-order valence-corrected chi connectivity index (χ1v) is 7.84. The molecule has 0 saturated heterocycles. The lowest BCUT2D eigenvalue weighted by Crippen LogP contribution is -2.03. The van der Waals surface area contributed by atoms with Gasteiger partial charge in [0, 0.05) is 5.92 Å². The van der Waals surface area contributed by atoms with Crippen molar-refractivity contribution in [2.24, 2.45) is 0 Å². The maximum Gasteiger partial charge on any atom is 0.115 e. The summed E-state index contributed by atoms with van der Waals surface area (Å²) in [5.74, 6) is 0.598. The molecule has 0 amide bonds. The van der Waals surface area contributed by atoms with Crippen LogP contribution in [0.4, 0.5) is 0 Å². The second kappa shape index (κ2) is 6.57. The van der Waals surface area contributed by atoms with Gasteiger partial charge in [-0.3, -0.25) is 0 Å². The van der Waals surface area contributed by atoms with Gasteiger partial charge in [-0.15, -0.1) is 0 Å². The van der Waals surface area contributed by atoms with Crippen LogP contribution in [0.25, 0.3) is 0 Å². The van der Waals surface area contributed by atoms with Crippen LogP contribution in [0.5, 0.6) is 11.5 Å². The van der Waals surface area contributed by atoms with Gasteiger partial charge >= 0.3 is 0 Å². The highest BCUT2D eigenvalue weighted by molar-refractivity contribution is 5.45. The number of aromatic hydroxyl groups is 2. The molecule has 2 heteroatoms. The predicted molar refractivity (Wildman–Crippen MR) is 93.0 cm³/mol. The summed E-state index contributed by atoms with van der Waals surface area (Å²) in [6.07, 6.45) is 1.02. The molecule has 0 radical (unpaired) electrons. The number of benzene rings is 3. The highest BCUT2D eigenvalue weighted by Gasteiger charge is 2.16. The van der Waals surface area contributed by atoms with E-state index in [-0.39, 0.29) is 17.4 Å². The van der Waals surface area contributed by atoms with E-state index >= 15 is 0 Å². The number of phenolic OH excluding ortho intramolecular Hbond substituents is 2. The summed E-state index contributed by atoms with van der Waals surface area (Å²) in [5, 5.41) is 19.1. The van der Waals surface area contributed by atoms with E-state index in [1.807, 2.05) is 24.3 Å². The minimum atomic E-state index is 0.0714. The fourth-order valence-electron chi connectivity index (χ4n) is 2.86. The lowest BCUT2D eigenvalue weighted by molar-refractivity contribution is 0.475. The molecule has 3 aromatic carbocycles. The number of hydrogen-bond acceptors (Lipinski definition) is 2. The van der Waals surface area contributed by atoms with Gasteiger partial charge in [-0.25, -0.2) is 0 Å². The molecule has 0 heterocycles. The third kappa shape index (κ3) is 3.37. The van der Waals surface area contributed by atoms with E-state index in [2.05, 4.69) is 31.2 Å². The number of hydrogen-bond donors (Lipinski definition) is 2. The lowest BCUT2D eigenvalue weighted by atomic mass is 9.85. The van der Waals surface area contributed by atoms with Crippen LogP contribution >= 0.6 is 0 Å². The highest BCUT2D eigenvalue weighted by atomic mass is 16.3. The second-order valence-electron chi connectivity index (χ2n) is 5.71. The summed E-state index contributed by atoms with van der Waals surface area (Å²) < 4.78 is 0. The average Bonchev–Trinajstić information content (AvgIpc) is 2.59. The molecule has 23 heavy (non-hydrogen) atoms. The van der Waals surface area contributed by atoms with Crippen LogP contribution in [0.1, 0.15) is 35.1 Å². The summed E-state index contributed by atoms with van der Waals surface area (Å²) >= 11 is 0. The number of phenols is 2. The smallest absolute Gasteiger partial charge is 0.115 e. The molecule has 0 aliphatic heterocycles. The molecule has 0 saturated carbocycles. The second-order valence-corrected chi connectivity index (χ2v) is 5.71. The van der Waals surface area contributed by atoms with Crippen molar-refractivity contribution in [2.45, 2.75) is 19.3 Å². The molecule has 0 unspecified atom stereocenters. The molecule has 0 aliphatic rings. The van der Waals surface area contributed by atoms with Gasteiger partial charge in [0.05, 0.1) is 0 Å². The summed E-state index contributed by atoms with van der Waals surface area (Å²) in [7, 11) is 0. The van der Waals surface area contributed by atoms with Gasteiger partial charge in [-0.1, -0.05) is 55.5 Å². The van der Waals surface area contributed by atoms with E-state index in [1.165, 1.54) is 11.1 Å². The van der Waals surface area contributed by atoms with Crippen LogP contribution in [-0.2, 0) is 6.42 Å². The van der Waals surface area contributed by atoms with Gasteiger partial charge in [0.15, 0.2) is 0 Å². The molecular formula is C21H20O2. The molecule has 2 nitrogen and oxygen atoms in total. The van der Waals surface area contributed by atoms with Crippen LogP contribution in [0.3, 0.4) is 0 Å². The zero-order valence-electron chi connectivity index (χ0n) is 13.1. The standard InChI is InChI=1S/C21H20O2/c1-2-15-3-5-16(6-4-15)21(17-7-11-19(22)12-8-17)18-9-13-20(23)14-10-18/h3-14,21-23H,2H2,1H3. The molecular weight excluding hydrogens is 284 g/mol. The Kier molecular flexibility index (Phi) is 4.33. The van der Waals surface area contributed by atoms with E-state index in [0.29, 0.717) is 0 Å². The van der Waals surface area contributed by atoms with Gasteiger partial charge in [0.25, 0.3) is 0 Å². The number of aryl methyl sites for hydroxylation is 1. The molecule has 0 aromatic heterocycles. The molecule has 2 N–H and O–H groups in total. The first-order chi connectivity index (χ1) is 11.2. The Morgan fingerprint density at radius 3 is 1.30 bits per heavy atom. The summed E-state index contributed by atoms with van der Waals surface area (Å²) in [6.45, 7) is 2.15. The monoisotopic (exact) mass is 304 g/mol. The topological polar surface area (TPSA) is 40.5 Å². The minimum Gasteiger partial charge on any atom is -0.508 e. The van der Waals surface area contributed by atoms with Gasteiger partial charge in [-0.2, -0.15) is 0 Å². The summed E-state index contributed by atoms with van der Waals surface area (Å²) in [5.41, 5.74) is 4.72. The summed E-state index contributed by atoms with van der Waals surface area (Å²) in [6, 6.07) is 23.2. The maximum absolute atomic E-state index is 9.55. The Morgan fingerprint density at radius 1 is 0.609 bits per heavy atom. The third-order valence-electron chi connectivity index (χ3n) is 4.17. The predicted octanol–water partition coefficient (Wildman–Crippen LogP) is 4.84. The molecule has 0 atom stereocenters. The van der Waals surface area contributed by atoms with Crippen molar-refractivity contribution in [3.05, 3.63) is 95.1 Å². The lowest BCUT2D eigenvalue weighted by Gasteiger charge is -2.19. The Labute approximate surface area is 136 Å². The van der Waals surface area contributed by atoms with Crippen molar-refractivity contribution in [3.8, 4) is 11.5 Å². The van der Waals surface area contributed by atoms with Crippen molar-refractivity contribution in [2.75, 3.05) is 0 Å². The highest BCUT2D eigenvalue weighted by Crippen LogP contribution is 2.33. The van der Waals surface area contributed by atoms with Crippen LogP contribution in [0.15, 0.2) is 72.8 Å². The molecule has 0 bridgehead atoms. The summed E-state index contributed by atoms with van der Waals surface area (Å²) in [4.78, 5) is 0. The fourth-order valence-corrected chi connectivity index (χ4v) is 2.86. The molecule has 0 fully saturated rings. The van der Waals surface area contributed by atoms with Crippen LogP contribution in [0, 0.1) is 0 Å². The first-order valence-electron chi connectivity index (χ1n) is 7.84. The first kappa shape index (κ1) is 15.2. The largest absolute Gasteiger partial charge is 0.508 e. The maximum atomic E-state index is 9.55. The zero-order chi connectivity index (χ0) is 16.2. The molecule has 116 valence electrons. The van der Waals surface area contributed by atoms with Crippen molar-refractivity contribution >= 4 is 0 Å². The van der Waals surface area contributed by atoms with E-state index in [4.69, 9.17) is 0 Å². The van der Waals surface area contributed by atoms with E-state index in [0.717, 1.165) is 17.5 Å². The van der Waals surface area contributed by atoms with Gasteiger partial charge in [0.1, 0.15) is 11.5 Å². The Balaban J connectivity index is 2.08. The van der Waals surface area contributed by atoms with E-state index < -0.39 is 0 Å². The third-order valence-corrected chi connectivity index (χ3v) is 4.17. The molecule has 3 rings (SSSR count). The van der Waals surface area contributed by atoms with E-state index in [9.17, 15) is 10.2 Å². The number of rotatable bonds is 4. The Bertz CT molecular complexity index is 711. The molecule has 3 aromatic rings. The Morgan fingerprint density at radius 2 is 0.957 bits per heavy atom. The van der Waals surface area contributed by atoms with Crippen LogP contribution < -0.4 is 0 Å². The molecule has 0 aliphatic carbocycles. The normalized spacial score (nSPS) is 10.9. The SMILES string of the molecule is CCc1ccc(C(c2ccc(O)cc2)c2ccc(O)cc2)cc1. The quantitative estimate of drug-likeness (QED) is 0.677. The van der Waals surface area contributed by atoms with E-state index in [1.54, 1.807) is 24.3 Å². The molecule has 0 spiro atoms. The van der Waals surface area contributed by atoms with Crippen LogP contribution in [0.2, 0.25) is 0 Å². The van der Waals surface area contributed by atoms with Crippen molar-refractivity contribution in [3.63, 3.8) is 0 Å². The average molecular weight is 304 g/mol. The fraction of sp³-hybridized carbons (Fsp3) is 0.143. The van der Waals surface area contributed by atoms with Crippen molar-refractivity contribution in [1.82, 2.24) is 0 Å². The van der Waals surface area contributed by atoms with Crippen molar-refractivity contribution < 1.29 is 10.2 Å². The van der Waals surface area contributed by atoms with Crippen LogP contribution in [-0.4, -0.2) is 10.2 Å². The van der Waals surface area contributed by atoms with Gasteiger partial charge in [0.2, 0.25) is 0 Å².